The first-order chi connectivity index (χ1) is 10.9. The van der Waals surface area contributed by atoms with Crippen molar-refractivity contribution in [1.82, 2.24) is 5.32 Å². The molecule has 9 nitrogen and oxygen atoms in total. The molecule has 0 aliphatic carbocycles. The van der Waals surface area contributed by atoms with Gasteiger partial charge in [-0.2, -0.15) is 0 Å². The van der Waals surface area contributed by atoms with Crippen molar-refractivity contribution in [2.75, 3.05) is 40.6 Å². The molecular weight excluding hydrogens is 324 g/mol. The summed E-state index contributed by atoms with van der Waals surface area (Å²) in [4.78, 5) is 10.7. The summed E-state index contributed by atoms with van der Waals surface area (Å²) in [6, 6.07) is -0.157. The van der Waals surface area contributed by atoms with E-state index >= 15 is 0 Å². The first-order valence-corrected chi connectivity index (χ1v) is 9.61. The maximum absolute atomic E-state index is 10.7. The maximum Gasteiger partial charge on any atom is 0.506 e. The fourth-order valence-corrected chi connectivity index (χ4v) is 3.88. The number of ether oxygens (including phenoxy) is 3. The van der Waals surface area contributed by atoms with Gasteiger partial charge in [0.25, 0.3) is 0 Å². The van der Waals surface area contributed by atoms with Crippen molar-refractivity contribution in [2.24, 2.45) is 5.73 Å². The molecule has 10 heteroatoms. The van der Waals surface area contributed by atoms with E-state index in [4.69, 9.17) is 33.2 Å². The van der Waals surface area contributed by atoms with Gasteiger partial charge in [0.2, 0.25) is 0 Å². The highest BCUT2D eigenvalue weighted by Crippen LogP contribution is 2.27. The van der Waals surface area contributed by atoms with Crippen LogP contribution >= 0.6 is 0 Å². The van der Waals surface area contributed by atoms with Crippen molar-refractivity contribution in [2.45, 2.75) is 39.4 Å². The van der Waals surface area contributed by atoms with Gasteiger partial charge in [-0.1, -0.05) is 0 Å². The van der Waals surface area contributed by atoms with Crippen LogP contribution in [0.5, 0.6) is 0 Å². The molecule has 0 aromatic rings. The van der Waals surface area contributed by atoms with Gasteiger partial charge in [-0.15, -0.1) is 0 Å². The van der Waals surface area contributed by atoms with E-state index in [1.807, 2.05) is 0 Å². The van der Waals surface area contributed by atoms with Gasteiger partial charge < -0.3 is 34.1 Å². The monoisotopic (exact) mass is 354 g/mol. The third-order valence-electron chi connectivity index (χ3n) is 2.82. The Hall–Kier alpha value is -0.753. The molecule has 23 heavy (non-hydrogen) atoms. The van der Waals surface area contributed by atoms with E-state index in [9.17, 15) is 4.79 Å². The summed E-state index contributed by atoms with van der Waals surface area (Å²) in [5.74, 6) is 0. The summed E-state index contributed by atoms with van der Waals surface area (Å²) in [6.45, 7) is 6.75. The zero-order valence-electron chi connectivity index (χ0n) is 14.7. The highest BCUT2D eigenvalue weighted by atomic mass is 28.4. The van der Waals surface area contributed by atoms with Crippen molar-refractivity contribution < 1.29 is 32.3 Å². The highest BCUT2D eigenvalue weighted by molar-refractivity contribution is 6.60. The number of carbonyl (C=O) groups is 1. The van der Waals surface area contributed by atoms with Gasteiger partial charge in [0, 0.05) is 26.8 Å². The standard InChI is InChI=1S/C13H30N2O7Si/c1-6-19-13(20-7-2,21-8-3)22-23(17-4,18-5)11-9-10-15-12(14)16/h6-11H2,1-5H3,(H3,14,15,16). The van der Waals surface area contributed by atoms with Crippen LogP contribution in [-0.4, -0.2) is 61.6 Å². The number of hydrogen-bond donors (Lipinski definition) is 2. The summed E-state index contributed by atoms with van der Waals surface area (Å²) in [5.41, 5.74) is 5.04. The Kier molecular flexibility index (Phi) is 11.3. The molecule has 138 valence electrons. The van der Waals surface area contributed by atoms with E-state index in [1.54, 1.807) is 20.8 Å². The molecule has 0 rings (SSSR count). The van der Waals surface area contributed by atoms with Crippen LogP contribution in [0.25, 0.3) is 0 Å². The lowest BCUT2D eigenvalue weighted by molar-refractivity contribution is -0.478. The Morgan fingerprint density at radius 2 is 1.52 bits per heavy atom. The number of nitrogens with two attached hydrogens (primary N) is 1. The normalized spacial score (nSPS) is 12.4. The molecule has 0 aromatic carbocycles. The van der Waals surface area contributed by atoms with Crippen LogP contribution in [0.3, 0.4) is 0 Å². The van der Waals surface area contributed by atoms with E-state index in [0.29, 0.717) is 38.8 Å². The van der Waals surface area contributed by atoms with Crippen molar-refractivity contribution >= 4 is 14.8 Å². The van der Waals surface area contributed by atoms with Crippen LogP contribution in [0.2, 0.25) is 6.04 Å². The minimum atomic E-state index is -3.13. The molecule has 0 aromatic heterocycles. The maximum atomic E-state index is 10.7. The number of primary amides is 1. The average Bonchev–Trinajstić information content (AvgIpc) is 2.51. The number of carbonyl (C=O) groups excluding carboxylic acids is 1. The summed E-state index contributed by atoms with van der Waals surface area (Å²) >= 11 is 0. The molecule has 0 saturated heterocycles. The molecule has 0 radical (unpaired) electrons. The van der Waals surface area contributed by atoms with Crippen molar-refractivity contribution in [3.63, 3.8) is 0 Å². The van der Waals surface area contributed by atoms with E-state index in [2.05, 4.69) is 5.32 Å². The van der Waals surface area contributed by atoms with Gasteiger partial charge in [0.15, 0.2) is 0 Å². The molecule has 0 saturated carbocycles. The molecule has 0 spiro atoms. The Bertz CT molecular complexity index is 312. The fourth-order valence-electron chi connectivity index (χ4n) is 1.87. The molecule has 0 fully saturated rings. The van der Waals surface area contributed by atoms with Gasteiger partial charge in [0.05, 0.1) is 19.8 Å². The van der Waals surface area contributed by atoms with Gasteiger partial charge >= 0.3 is 21.0 Å². The molecule has 0 unspecified atom stereocenters. The van der Waals surface area contributed by atoms with Gasteiger partial charge in [-0.05, 0) is 27.2 Å². The van der Waals surface area contributed by atoms with Crippen molar-refractivity contribution in [3.05, 3.63) is 0 Å². The van der Waals surface area contributed by atoms with Gasteiger partial charge in [0.1, 0.15) is 0 Å². The molecule has 0 atom stereocenters. The summed E-state index contributed by atoms with van der Waals surface area (Å²) in [6.07, 6.45) is -1.12. The number of hydrogen-bond acceptors (Lipinski definition) is 7. The van der Waals surface area contributed by atoms with E-state index in [1.165, 1.54) is 14.2 Å². The number of amides is 2. The predicted octanol–water partition coefficient (Wildman–Crippen LogP) is 1.01. The summed E-state index contributed by atoms with van der Waals surface area (Å²) in [7, 11) is -0.146. The number of urea groups is 1. The van der Waals surface area contributed by atoms with E-state index in [-0.39, 0.29) is 0 Å². The van der Waals surface area contributed by atoms with E-state index in [0.717, 1.165) is 0 Å². The molecule has 0 heterocycles. The highest BCUT2D eigenvalue weighted by Gasteiger charge is 2.50. The molecule has 0 aliphatic heterocycles. The lowest BCUT2D eigenvalue weighted by atomic mass is 10.5. The first kappa shape index (κ1) is 22.2. The van der Waals surface area contributed by atoms with Crippen LogP contribution in [-0.2, 0) is 27.5 Å². The molecular formula is C13H30N2O7Si. The lowest BCUT2D eigenvalue weighted by Crippen LogP contribution is -2.56. The minimum Gasteiger partial charge on any atom is -0.377 e. The number of rotatable bonds is 14. The summed E-state index contributed by atoms with van der Waals surface area (Å²) < 4.78 is 33.5. The Labute approximate surface area is 139 Å². The predicted molar refractivity (Wildman–Crippen MR) is 85.5 cm³/mol. The third-order valence-corrected chi connectivity index (χ3v) is 5.60. The molecule has 0 bridgehead atoms. The Balaban J connectivity index is 5.02. The van der Waals surface area contributed by atoms with Gasteiger partial charge in [-0.25, -0.2) is 4.79 Å². The minimum absolute atomic E-state index is 0.321. The molecule has 3 N–H and O–H groups in total. The Morgan fingerprint density at radius 1 is 1.04 bits per heavy atom. The van der Waals surface area contributed by atoms with Crippen molar-refractivity contribution in [1.29, 1.82) is 0 Å². The quantitative estimate of drug-likeness (QED) is 0.272. The molecule has 2 amide bonds. The SMILES string of the molecule is CCOC(OCC)(OCC)O[Si](CCCNC(N)=O)(OC)OC. The van der Waals surface area contributed by atoms with Crippen LogP contribution in [0.15, 0.2) is 0 Å². The lowest BCUT2D eigenvalue weighted by Gasteiger charge is -2.37. The first-order valence-electron chi connectivity index (χ1n) is 7.68. The largest absolute Gasteiger partial charge is 0.506 e. The summed E-state index contributed by atoms with van der Waals surface area (Å²) in [5, 5.41) is 2.51. The second-order valence-electron chi connectivity index (χ2n) is 4.39. The van der Waals surface area contributed by atoms with Crippen LogP contribution in [0.4, 0.5) is 4.79 Å². The number of nitrogens with one attached hydrogen (secondary N) is 1. The smallest absolute Gasteiger partial charge is 0.377 e. The van der Waals surface area contributed by atoms with Crippen LogP contribution < -0.4 is 11.1 Å². The van der Waals surface area contributed by atoms with Gasteiger partial charge in [-0.3, -0.25) is 4.43 Å². The third kappa shape index (κ3) is 8.06. The fraction of sp³-hybridized carbons (Fsp3) is 0.923. The van der Waals surface area contributed by atoms with Crippen molar-refractivity contribution in [3.8, 4) is 0 Å². The zero-order valence-corrected chi connectivity index (χ0v) is 15.7. The second-order valence-corrected chi connectivity index (χ2v) is 7.27. The average molecular weight is 354 g/mol. The van der Waals surface area contributed by atoms with Crippen LogP contribution in [0, 0.1) is 0 Å². The van der Waals surface area contributed by atoms with E-state index < -0.39 is 21.0 Å². The zero-order chi connectivity index (χ0) is 17.8. The van der Waals surface area contributed by atoms with Crippen LogP contribution in [0.1, 0.15) is 27.2 Å². The molecule has 0 aliphatic rings. The Morgan fingerprint density at radius 3 is 1.87 bits per heavy atom. The second kappa shape index (κ2) is 11.7. The topological polar surface area (TPSA) is 110 Å².